The second-order valence-electron chi connectivity index (χ2n) is 7.52. The normalized spacial score (nSPS) is 11.6. The number of ether oxygens (including phenoxy) is 2. The van der Waals surface area contributed by atoms with Gasteiger partial charge in [-0.3, -0.25) is 4.98 Å². The number of carboxylic acid groups (broad SMARTS) is 1. The predicted octanol–water partition coefficient (Wildman–Crippen LogP) is 4.28. The van der Waals surface area contributed by atoms with Crippen molar-refractivity contribution in [1.29, 1.82) is 0 Å². The fraction of sp³-hybridized carbons (Fsp3) is 0.417. The molecule has 2 aromatic heterocycles. The van der Waals surface area contributed by atoms with Gasteiger partial charge in [-0.15, -0.1) is 0 Å². The first-order chi connectivity index (χ1) is 15.5. The highest BCUT2D eigenvalue weighted by Crippen LogP contribution is 2.28. The zero-order chi connectivity index (χ0) is 23.1. The summed E-state index contributed by atoms with van der Waals surface area (Å²) in [4.78, 5) is 20.5. The van der Waals surface area contributed by atoms with E-state index in [1.165, 1.54) is 0 Å². The average molecular weight is 439 g/mol. The molecular weight excluding hydrogens is 408 g/mol. The molecule has 0 bridgehead atoms. The molecule has 0 aliphatic carbocycles. The summed E-state index contributed by atoms with van der Waals surface area (Å²) in [5, 5.41) is 14.1. The predicted molar refractivity (Wildman–Crippen MR) is 120 cm³/mol. The van der Waals surface area contributed by atoms with Crippen LogP contribution in [0.2, 0.25) is 0 Å². The van der Waals surface area contributed by atoms with Crippen LogP contribution in [-0.4, -0.2) is 45.0 Å². The van der Waals surface area contributed by atoms with Crippen LogP contribution in [0.3, 0.4) is 0 Å². The molecule has 8 heteroatoms. The fourth-order valence-electron chi connectivity index (χ4n) is 3.64. The summed E-state index contributed by atoms with van der Waals surface area (Å²) in [5.41, 5.74) is 2.42. The zero-order valence-corrected chi connectivity index (χ0v) is 19.0. The van der Waals surface area contributed by atoms with Gasteiger partial charge in [0.15, 0.2) is 0 Å². The number of benzene rings is 1. The lowest BCUT2D eigenvalue weighted by Gasteiger charge is -2.26. The van der Waals surface area contributed by atoms with Crippen molar-refractivity contribution >= 4 is 5.97 Å². The van der Waals surface area contributed by atoms with Gasteiger partial charge in [0.2, 0.25) is 11.6 Å². The van der Waals surface area contributed by atoms with Crippen LogP contribution in [0.5, 0.6) is 0 Å². The van der Waals surface area contributed by atoms with Crippen LogP contribution in [0.15, 0.2) is 42.6 Å². The lowest BCUT2D eigenvalue weighted by molar-refractivity contribution is -0.222. The topological polar surface area (TPSA) is 99.4 Å². The molecule has 1 N–H and O–H groups in total. The van der Waals surface area contributed by atoms with E-state index < -0.39 is 11.8 Å². The van der Waals surface area contributed by atoms with Crippen LogP contribution in [0, 0.1) is 0 Å². The second-order valence-corrected chi connectivity index (χ2v) is 7.52. The maximum absolute atomic E-state index is 11.5. The molecule has 3 rings (SSSR count). The number of hydrogen-bond donors (Lipinski definition) is 1. The molecule has 0 radical (unpaired) electrons. The maximum atomic E-state index is 11.5. The molecular formula is C24H30N4O4. The van der Waals surface area contributed by atoms with E-state index in [1.54, 1.807) is 32.5 Å². The highest BCUT2D eigenvalue weighted by molar-refractivity contribution is 5.94. The molecule has 0 spiro atoms. The Hall–Kier alpha value is -3.10. The Morgan fingerprint density at radius 2 is 1.84 bits per heavy atom. The Labute approximate surface area is 188 Å². The van der Waals surface area contributed by atoms with Gasteiger partial charge in [-0.2, -0.15) is 5.10 Å². The summed E-state index contributed by atoms with van der Waals surface area (Å²) in [6.45, 7) is 4.88. The van der Waals surface area contributed by atoms with E-state index in [0.717, 1.165) is 36.3 Å². The van der Waals surface area contributed by atoms with Crippen LogP contribution in [0.25, 0.3) is 11.3 Å². The standard InChI is InChI=1S/C24H30N4O4/c1-5-7-15-28-20(26-23(27-28)24(6-2,31-3)32-4)16-17-10-12-18(13-11-17)21-19(22(29)30)9-8-14-25-21/h8-14H,5-7,15-16H2,1-4H3,(H,29,30). The fourth-order valence-corrected chi connectivity index (χ4v) is 3.64. The Kier molecular flexibility index (Phi) is 7.71. The first kappa shape index (κ1) is 23.6. The summed E-state index contributed by atoms with van der Waals surface area (Å²) >= 11 is 0. The molecule has 0 atom stereocenters. The molecule has 0 amide bonds. The number of nitrogens with zero attached hydrogens (tertiary/aromatic N) is 4. The Bertz CT molecular complexity index is 1030. The van der Waals surface area contributed by atoms with E-state index in [2.05, 4.69) is 11.9 Å². The van der Waals surface area contributed by atoms with Crippen LogP contribution < -0.4 is 0 Å². The van der Waals surface area contributed by atoms with E-state index in [9.17, 15) is 9.90 Å². The van der Waals surface area contributed by atoms with Gasteiger partial charge in [-0.05, 0) is 24.1 Å². The number of aromatic carboxylic acids is 1. The highest BCUT2D eigenvalue weighted by atomic mass is 16.7. The van der Waals surface area contributed by atoms with E-state index in [4.69, 9.17) is 19.6 Å². The molecule has 2 heterocycles. The lowest BCUT2D eigenvalue weighted by Crippen LogP contribution is -2.31. The number of aromatic nitrogens is 4. The molecule has 0 saturated heterocycles. The number of unbranched alkanes of at least 4 members (excludes halogenated alkanes) is 1. The Balaban J connectivity index is 1.90. The number of carboxylic acids is 1. The van der Waals surface area contributed by atoms with Crippen molar-refractivity contribution in [3.8, 4) is 11.3 Å². The van der Waals surface area contributed by atoms with Gasteiger partial charge >= 0.3 is 5.97 Å². The molecule has 0 aliphatic heterocycles. The number of hydrogen-bond acceptors (Lipinski definition) is 6. The number of rotatable bonds is 11. The SMILES string of the molecule is CCCCn1nc(C(CC)(OC)OC)nc1Cc1ccc(-c2ncccc2C(=O)O)cc1. The molecule has 170 valence electrons. The first-order valence-corrected chi connectivity index (χ1v) is 10.8. The Morgan fingerprint density at radius 1 is 1.12 bits per heavy atom. The lowest BCUT2D eigenvalue weighted by atomic mass is 10.0. The molecule has 1 aromatic carbocycles. The first-order valence-electron chi connectivity index (χ1n) is 10.8. The van der Waals surface area contributed by atoms with Crippen LogP contribution in [0.1, 0.15) is 60.7 Å². The van der Waals surface area contributed by atoms with E-state index in [0.29, 0.717) is 24.4 Å². The van der Waals surface area contributed by atoms with E-state index in [1.807, 2.05) is 35.9 Å². The van der Waals surface area contributed by atoms with Crippen molar-refractivity contribution in [3.63, 3.8) is 0 Å². The minimum atomic E-state index is -0.996. The summed E-state index contributed by atoms with van der Waals surface area (Å²) < 4.78 is 13.2. The summed E-state index contributed by atoms with van der Waals surface area (Å²) in [6.07, 6.45) is 4.80. The molecule has 0 unspecified atom stereocenters. The monoisotopic (exact) mass is 438 g/mol. The Morgan fingerprint density at radius 3 is 2.44 bits per heavy atom. The smallest absolute Gasteiger partial charge is 0.337 e. The number of methoxy groups -OCH3 is 2. The van der Waals surface area contributed by atoms with Crippen molar-refractivity contribution in [1.82, 2.24) is 19.7 Å². The summed E-state index contributed by atoms with van der Waals surface area (Å²) in [5.74, 6) is -0.614. The summed E-state index contributed by atoms with van der Waals surface area (Å²) in [6, 6.07) is 10.9. The number of aryl methyl sites for hydroxylation is 1. The molecule has 32 heavy (non-hydrogen) atoms. The zero-order valence-electron chi connectivity index (χ0n) is 19.0. The molecule has 8 nitrogen and oxygen atoms in total. The van der Waals surface area contributed by atoms with Crippen LogP contribution >= 0.6 is 0 Å². The van der Waals surface area contributed by atoms with Crippen molar-refractivity contribution in [2.75, 3.05) is 14.2 Å². The van der Waals surface area contributed by atoms with Crippen molar-refractivity contribution < 1.29 is 19.4 Å². The van der Waals surface area contributed by atoms with Crippen LogP contribution in [0.4, 0.5) is 0 Å². The molecule has 0 fully saturated rings. The van der Waals surface area contributed by atoms with Crippen molar-refractivity contribution in [3.05, 3.63) is 65.4 Å². The largest absolute Gasteiger partial charge is 0.478 e. The van der Waals surface area contributed by atoms with Crippen LogP contribution in [-0.2, 0) is 28.2 Å². The third-order valence-corrected chi connectivity index (χ3v) is 5.57. The van der Waals surface area contributed by atoms with Gasteiger partial charge in [0.05, 0.1) is 11.3 Å². The van der Waals surface area contributed by atoms with Gasteiger partial charge in [-0.1, -0.05) is 44.5 Å². The minimum absolute atomic E-state index is 0.180. The van der Waals surface area contributed by atoms with Crippen molar-refractivity contribution in [2.45, 2.75) is 51.9 Å². The van der Waals surface area contributed by atoms with Gasteiger partial charge in [0, 0.05) is 45.4 Å². The molecule has 3 aromatic rings. The van der Waals surface area contributed by atoms with Gasteiger partial charge in [0.1, 0.15) is 5.82 Å². The summed E-state index contributed by atoms with van der Waals surface area (Å²) in [7, 11) is 3.20. The number of carbonyl (C=O) groups is 1. The van der Waals surface area contributed by atoms with E-state index in [-0.39, 0.29) is 5.56 Å². The molecule has 0 saturated carbocycles. The molecule has 0 aliphatic rings. The van der Waals surface area contributed by atoms with E-state index >= 15 is 0 Å². The maximum Gasteiger partial charge on any atom is 0.337 e. The third-order valence-electron chi connectivity index (χ3n) is 5.57. The third kappa shape index (κ3) is 4.87. The minimum Gasteiger partial charge on any atom is -0.478 e. The average Bonchev–Trinajstić information content (AvgIpc) is 3.22. The van der Waals surface area contributed by atoms with Gasteiger partial charge in [-0.25, -0.2) is 14.5 Å². The van der Waals surface area contributed by atoms with Gasteiger partial charge in [0.25, 0.3) is 0 Å². The quantitative estimate of drug-likeness (QED) is 0.446. The van der Waals surface area contributed by atoms with Gasteiger partial charge < -0.3 is 14.6 Å². The number of pyridine rings is 1. The highest BCUT2D eigenvalue weighted by Gasteiger charge is 2.35. The van der Waals surface area contributed by atoms with Crippen molar-refractivity contribution in [2.24, 2.45) is 0 Å². The second kappa shape index (κ2) is 10.5.